The second-order valence-corrected chi connectivity index (χ2v) is 6.03. The Morgan fingerprint density at radius 1 is 1.48 bits per heavy atom. The molecular formula is C17H27FN2O. The molecule has 1 fully saturated rings. The van der Waals surface area contributed by atoms with E-state index in [4.69, 9.17) is 4.74 Å². The smallest absolute Gasteiger partial charge is 0.123 e. The summed E-state index contributed by atoms with van der Waals surface area (Å²) in [5, 5.41) is 3.29. The van der Waals surface area contributed by atoms with Crippen molar-refractivity contribution in [2.75, 3.05) is 40.4 Å². The van der Waals surface area contributed by atoms with E-state index in [9.17, 15) is 4.39 Å². The van der Waals surface area contributed by atoms with Crippen LogP contribution in [0.15, 0.2) is 24.3 Å². The minimum Gasteiger partial charge on any atom is -0.381 e. The summed E-state index contributed by atoms with van der Waals surface area (Å²) >= 11 is 0. The summed E-state index contributed by atoms with van der Waals surface area (Å²) in [5.74, 6) is 0.492. The third-order valence-electron chi connectivity index (χ3n) is 4.22. The molecule has 1 aromatic rings. The summed E-state index contributed by atoms with van der Waals surface area (Å²) in [6, 6.07) is 7.07. The summed E-state index contributed by atoms with van der Waals surface area (Å²) < 4.78 is 18.9. The van der Waals surface area contributed by atoms with Crippen LogP contribution in [0.5, 0.6) is 0 Å². The molecule has 0 aromatic heterocycles. The van der Waals surface area contributed by atoms with Gasteiger partial charge in [0.1, 0.15) is 5.82 Å². The second kappa shape index (κ2) is 8.47. The monoisotopic (exact) mass is 294 g/mol. The molecule has 3 nitrogen and oxygen atoms in total. The molecule has 1 saturated heterocycles. The molecule has 0 aliphatic carbocycles. The largest absolute Gasteiger partial charge is 0.381 e. The Labute approximate surface area is 127 Å². The van der Waals surface area contributed by atoms with Gasteiger partial charge in [0.15, 0.2) is 0 Å². The van der Waals surface area contributed by atoms with Gasteiger partial charge < -0.3 is 15.0 Å². The first kappa shape index (κ1) is 16.4. The van der Waals surface area contributed by atoms with E-state index in [1.165, 1.54) is 18.9 Å². The van der Waals surface area contributed by atoms with Crippen molar-refractivity contribution in [2.45, 2.75) is 25.3 Å². The molecule has 0 bridgehead atoms. The van der Waals surface area contributed by atoms with Crippen molar-refractivity contribution in [2.24, 2.45) is 5.92 Å². The predicted molar refractivity (Wildman–Crippen MR) is 83.9 cm³/mol. The van der Waals surface area contributed by atoms with Gasteiger partial charge in [-0.2, -0.15) is 0 Å². The summed E-state index contributed by atoms with van der Waals surface area (Å²) in [5.41, 5.74) is 1.02. The highest BCUT2D eigenvalue weighted by Crippen LogP contribution is 2.19. The molecule has 21 heavy (non-hydrogen) atoms. The van der Waals surface area contributed by atoms with Gasteiger partial charge in [0.05, 0.1) is 6.61 Å². The van der Waals surface area contributed by atoms with Gasteiger partial charge in [0.25, 0.3) is 0 Å². The van der Waals surface area contributed by atoms with Crippen LogP contribution in [0.1, 0.15) is 30.9 Å². The van der Waals surface area contributed by atoms with E-state index >= 15 is 0 Å². The molecule has 0 saturated carbocycles. The maximum Gasteiger partial charge on any atom is 0.123 e. The zero-order chi connectivity index (χ0) is 15.1. The first-order chi connectivity index (χ1) is 10.2. The van der Waals surface area contributed by atoms with Crippen LogP contribution in [0, 0.1) is 11.7 Å². The molecule has 1 aliphatic rings. The Morgan fingerprint density at radius 2 is 2.33 bits per heavy atom. The quantitative estimate of drug-likeness (QED) is 0.837. The lowest BCUT2D eigenvalue weighted by molar-refractivity contribution is 0.0416. The third-order valence-corrected chi connectivity index (χ3v) is 4.22. The first-order valence-electron chi connectivity index (χ1n) is 7.88. The second-order valence-electron chi connectivity index (χ2n) is 6.03. The normalized spacial score (nSPS) is 20.7. The number of hydrogen-bond donors (Lipinski definition) is 1. The average molecular weight is 294 g/mol. The minimum absolute atomic E-state index is 0.166. The highest BCUT2D eigenvalue weighted by molar-refractivity contribution is 5.20. The molecule has 2 rings (SSSR count). The number of rotatable bonds is 7. The standard InChI is InChI=1S/C17H27FN2O/c1-19-17(15-6-3-7-16(18)11-15)8-9-20(2)12-14-5-4-10-21-13-14/h3,6-7,11,14,17,19H,4-5,8-10,12-13H2,1-2H3. The molecule has 1 aromatic carbocycles. The molecule has 2 unspecified atom stereocenters. The number of hydrogen-bond acceptors (Lipinski definition) is 3. The molecule has 4 heteroatoms. The van der Waals surface area contributed by atoms with E-state index in [0.717, 1.165) is 38.3 Å². The van der Waals surface area contributed by atoms with Crippen molar-refractivity contribution in [1.82, 2.24) is 10.2 Å². The maximum absolute atomic E-state index is 13.3. The summed E-state index contributed by atoms with van der Waals surface area (Å²) in [6.45, 7) is 3.89. The van der Waals surface area contributed by atoms with Crippen molar-refractivity contribution < 1.29 is 9.13 Å². The molecule has 1 N–H and O–H groups in total. The molecule has 118 valence electrons. The van der Waals surface area contributed by atoms with Gasteiger partial charge in [0, 0.05) is 19.2 Å². The van der Waals surface area contributed by atoms with Crippen LogP contribution < -0.4 is 5.32 Å². The number of benzene rings is 1. The first-order valence-corrected chi connectivity index (χ1v) is 7.88. The molecule has 1 aliphatic heterocycles. The zero-order valence-corrected chi connectivity index (χ0v) is 13.1. The Morgan fingerprint density at radius 3 is 3.00 bits per heavy atom. The van der Waals surface area contributed by atoms with Crippen LogP contribution in [-0.4, -0.2) is 45.3 Å². The highest BCUT2D eigenvalue weighted by Gasteiger charge is 2.17. The van der Waals surface area contributed by atoms with Gasteiger partial charge in [-0.05, 0) is 63.5 Å². The lowest BCUT2D eigenvalue weighted by Crippen LogP contribution is -2.33. The molecule has 0 spiro atoms. The van der Waals surface area contributed by atoms with Gasteiger partial charge in [-0.3, -0.25) is 0 Å². The highest BCUT2D eigenvalue weighted by atomic mass is 19.1. The average Bonchev–Trinajstić information content (AvgIpc) is 2.49. The van der Waals surface area contributed by atoms with Crippen LogP contribution in [-0.2, 0) is 4.74 Å². The Balaban J connectivity index is 1.79. The van der Waals surface area contributed by atoms with Gasteiger partial charge in [-0.25, -0.2) is 4.39 Å². The Hall–Kier alpha value is -0.970. The number of nitrogens with one attached hydrogen (secondary N) is 1. The number of ether oxygens (including phenoxy) is 1. The van der Waals surface area contributed by atoms with Crippen LogP contribution >= 0.6 is 0 Å². The minimum atomic E-state index is -0.166. The van der Waals surface area contributed by atoms with Crippen LogP contribution in [0.4, 0.5) is 4.39 Å². The number of halogens is 1. The van der Waals surface area contributed by atoms with Gasteiger partial charge in [-0.15, -0.1) is 0 Å². The maximum atomic E-state index is 13.3. The summed E-state index contributed by atoms with van der Waals surface area (Å²) in [6.07, 6.45) is 3.43. The summed E-state index contributed by atoms with van der Waals surface area (Å²) in [4.78, 5) is 2.36. The van der Waals surface area contributed by atoms with Gasteiger partial charge in [-0.1, -0.05) is 12.1 Å². The van der Waals surface area contributed by atoms with E-state index in [2.05, 4.69) is 17.3 Å². The fourth-order valence-corrected chi connectivity index (χ4v) is 3.03. The van der Waals surface area contributed by atoms with E-state index < -0.39 is 0 Å². The Kier molecular flexibility index (Phi) is 6.61. The molecular weight excluding hydrogens is 267 g/mol. The fraction of sp³-hybridized carbons (Fsp3) is 0.647. The van der Waals surface area contributed by atoms with E-state index in [1.807, 2.05) is 13.1 Å². The third kappa shape index (κ3) is 5.38. The van der Waals surface area contributed by atoms with E-state index in [0.29, 0.717) is 5.92 Å². The van der Waals surface area contributed by atoms with Crippen molar-refractivity contribution in [3.63, 3.8) is 0 Å². The van der Waals surface area contributed by atoms with Crippen molar-refractivity contribution in [1.29, 1.82) is 0 Å². The van der Waals surface area contributed by atoms with E-state index in [-0.39, 0.29) is 11.9 Å². The van der Waals surface area contributed by atoms with Crippen LogP contribution in [0.2, 0.25) is 0 Å². The van der Waals surface area contributed by atoms with Crippen molar-refractivity contribution in [3.8, 4) is 0 Å². The summed E-state index contributed by atoms with van der Waals surface area (Å²) in [7, 11) is 4.09. The molecule has 0 radical (unpaired) electrons. The van der Waals surface area contributed by atoms with Crippen molar-refractivity contribution >= 4 is 0 Å². The number of nitrogens with zero attached hydrogens (tertiary/aromatic N) is 1. The van der Waals surface area contributed by atoms with Crippen LogP contribution in [0.3, 0.4) is 0 Å². The van der Waals surface area contributed by atoms with Gasteiger partial charge in [0.2, 0.25) is 0 Å². The fourth-order valence-electron chi connectivity index (χ4n) is 3.03. The lowest BCUT2D eigenvalue weighted by atomic mass is 10.0. The van der Waals surface area contributed by atoms with Crippen LogP contribution in [0.25, 0.3) is 0 Å². The zero-order valence-electron chi connectivity index (χ0n) is 13.1. The van der Waals surface area contributed by atoms with Gasteiger partial charge >= 0.3 is 0 Å². The molecule has 0 amide bonds. The topological polar surface area (TPSA) is 24.5 Å². The Bertz CT molecular complexity index is 421. The predicted octanol–water partition coefficient (Wildman–Crippen LogP) is 2.83. The molecule has 2 atom stereocenters. The van der Waals surface area contributed by atoms with Crippen molar-refractivity contribution in [3.05, 3.63) is 35.6 Å². The SMILES string of the molecule is CNC(CCN(C)CC1CCCOC1)c1cccc(F)c1. The molecule has 1 heterocycles. The lowest BCUT2D eigenvalue weighted by Gasteiger charge is -2.28. The van der Waals surface area contributed by atoms with E-state index in [1.54, 1.807) is 12.1 Å².